The van der Waals surface area contributed by atoms with Crippen molar-refractivity contribution in [1.29, 1.82) is 0 Å². The molecule has 2 aromatic rings. The predicted molar refractivity (Wildman–Crippen MR) is 63.7 cm³/mol. The number of aliphatic hydroxyl groups is 1. The van der Waals surface area contributed by atoms with Crippen LogP contribution in [0, 0.1) is 0 Å². The number of benzene rings is 1. The minimum absolute atomic E-state index is 0.108. The molecule has 0 spiro atoms. The largest absolute Gasteiger partial charge is 0.392 e. The molecule has 0 aliphatic carbocycles. The van der Waals surface area contributed by atoms with Gasteiger partial charge in [0.25, 0.3) is 0 Å². The molecule has 1 aromatic carbocycles. The van der Waals surface area contributed by atoms with Gasteiger partial charge in [0, 0.05) is 25.5 Å². The molecule has 0 fully saturated rings. The Morgan fingerprint density at radius 1 is 0.938 bits per heavy atom. The van der Waals surface area contributed by atoms with Crippen LogP contribution in [0.25, 0.3) is 0 Å². The Kier molecular flexibility index (Phi) is 3.75. The first-order valence-corrected chi connectivity index (χ1v) is 5.39. The molecule has 2 rings (SSSR count). The van der Waals surface area contributed by atoms with Crippen molar-refractivity contribution < 1.29 is 5.11 Å². The van der Waals surface area contributed by atoms with E-state index in [9.17, 15) is 0 Å². The number of aliphatic hydroxyl groups excluding tert-OH is 1. The second kappa shape index (κ2) is 5.49. The highest BCUT2D eigenvalue weighted by atomic mass is 16.3. The summed E-state index contributed by atoms with van der Waals surface area (Å²) in [7, 11) is 0. The van der Waals surface area contributed by atoms with Crippen molar-refractivity contribution in [2.45, 2.75) is 19.7 Å². The summed E-state index contributed by atoms with van der Waals surface area (Å²) in [6.45, 7) is 1.82. The van der Waals surface area contributed by atoms with Gasteiger partial charge < -0.3 is 15.4 Å². The zero-order valence-electron chi connectivity index (χ0n) is 9.11. The van der Waals surface area contributed by atoms with E-state index in [1.165, 1.54) is 11.1 Å². The maximum Gasteiger partial charge on any atom is 0.0681 e. The molecule has 0 saturated heterocycles. The maximum absolute atomic E-state index is 8.91. The second-order valence-corrected chi connectivity index (χ2v) is 3.80. The monoisotopic (exact) mass is 216 g/mol. The van der Waals surface area contributed by atoms with Crippen LogP contribution in [0.15, 0.2) is 42.7 Å². The highest BCUT2D eigenvalue weighted by Gasteiger charge is 1.95. The van der Waals surface area contributed by atoms with Crippen LogP contribution in [0.3, 0.4) is 0 Å². The minimum Gasteiger partial charge on any atom is -0.392 e. The number of nitrogens with one attached hydrogen (secondary N) is 2. The van der Waals surface area contributed by atoms with E-state index in [4.69, 9.17) is 5.11 Å². The van der Waals surface area contributed by atoms with E-state index in [2.05, 4.69) is 16.4 Å². The first-order chi connectivity index (χ1) is 7.88. The first-order valence-electron chi connectivity index (χ1n) is 5.39. The average molecular weight is 216 g/mol. The lowest BCUT2D eigenvalue weighted by Gasteiger charge is -2.04. The number of rotatable bonds is 5. The topological polar surface area (TPSA) is 48.0 Å². The molecular weight excluding hydrogens is 200 g/mol. The number of hydrogen-bond donors (Lipinski definition) is 3. The molecular formula is C13H16N2O. The zero-order valence-corrected chi connectivity index (χ0v) is 9.11. The molecule has 3 nitrogen and oxygen atoms in total. The van der Waals surface area contributed by atoms with Crippen molar-refractivity contribution in [3.8, 4) is 0 Å². The van der Waals surface area contributed by atoms with Gasteiger partial charge in [-0.3, -0.25) is 0 Å². The van der Waals surface area contributed by atoms with E-state index in [0.717, 1.165) is 18.7 Å². The summed E-state index contributed by atoms with van der Waals surface area (Å²) in [5.41, 5.74) is 3.44. The van der Waals surface area contributed by atoms with Crippen molar-refractivity contribution in [2.24, 2.45) is 0 Å². The first kappa shape index (κ1) is 10.9. The van der Waals surface area contributed by atoms with Crippen LogP contribution in [0.5, 0.6) is 0 Å². The minimum atomic E-state index is 0.108. The van der Waals surface area contributed by atoms with Gasteiger partial charge in [0.1, 0.15) is 0 Å². The SMILES string of the molecule is OCc1ccc(CNCc2cc[nH]c2)cc1. The van der Waals surface area contributed by atoms with E-state index in [-0.39, 0.29) is 6.61 Å². The maximum atomic E-state index is 8.91. The third kappa shape index (κ3) is 2.95. The van der Waals surface area contributed by atoms with Gasteiger partial charge in [0.2, 0.25) is 0 Å². The Morgan fingerprint density at radius 2 is 1.62 bits per heavy atom. The van der Waals surface area contributed by atoms with Crippen LogP contribution in [-0.4, -0.2) is 10.1 Å². The van der Waals surface area contributed by atoms with Gasteiger partial charge >= 0.3 is 0 Å². The van der Waals surface area contributed by atoms with Crippen molar-refractivity contribution in [3.63, 3.8) is 0 Å². The highest BCUT2D eigenvalue weighted by molar-refractivity contribution is 5.21. The van der Waals surface area contributed by atoms with Crippen LogP contribution >= 0.6 is 0 Å². The van der Waals surface area contributed by atoms with Crippen LogP contribution in [0.1, 0.15) is 16.7 Å². The summed E-state index contributed by atoms with van der Waals surface area (Å²) in [6, 6.07) is 10.0. The predicted octanol–water partition coefficient (Wildman–Crippen LogP) is 1.80. The van der Waals surface area contributed by atoms with Crippen molar-refractivity contribution >= 4 is 0 Å². The lowest BCUT2D eigenvalue weighted by Crippen LogP contribution is -2.12. The van der Waals surface area contributed by atoms with Crippen LogP contribution < -0.4 is 5.32 Å². The molecule has 3 N–H and O–H groups in total. The molecule has 1 aromatic heterocycles. The van der Waals surface area contributed by atoms with Gasteiger partial charge in [0.15, 0.2) is 0 Å². The smallest absolute Gasteiger partial charge is 0.0681 e. The van der Waals surface area contributed by atoms with Crippen LogP contribution in [-0.2, 0) is 19.7 Å². The van der Waals surface area contributed by atoms with Gasteiger partial charge in [-0.05, 0) is 22.8 Å². The molecule has 3 heteroatoms. The van der Waals surface area contributed by atoms with E-state index >= 15 is 0 Å². The van der Waals surface area contributed by atoms with E-state index < -0.39 is 0 Å². The second-order valence-electron chi connectivity index (χ2n) is 3.80. The van der Waals surface area contributed by atoms with Crippen LogP contribution in [0.4, 0.5) is 0 Å². The van der Waals surface area contributed by atoms with E-state index in [1.807, 2.05) is 36.7 Å². The lowest BCUT2D eigenvalue weighted by molar-refractivity contribution is 0.282. The highest BCUT2D eigenvalue weighted by Crippen LogP contribution is 2.04. The van der Waals surface area contributed by atoms with Gasteiger partial charge in [0.05, 0.1) is 6.61 Å². The summed E-state index contributed by atoms with van der Waals surface area (Å²) < 4.78 is 0. The van der Waals surface area contributed by atoms with Gasteiger partial charge in [-0.1, -0.05) is 24.3 Å². The van der Waals surface area contributed by atoms with Crippen molar-refractivity contribution in [2.75, 3.05) is 0 Å². The fraction of sp³-hybridized carbons (Fsp3) is 0.231. The summed E-state index contributed by atoms with van der Waals surface area (Å²) in [5.74, 6) is 0. The summed E-state index contributed by atoms with van der Waals surface area (Å²) in [5, 5.41) is 12.3. The molecule has 0 aliphatic rings. The standard InChI is InChI=1S/C13H16N2O/c16-10-12-3-1-11(2-4-12)7-15-9-13-5-6-14-8-13/h1-6,8,14-16H,7,9-10H2. The van der Waals surface area contributed by atoms with Gasteiger partial charge in [-0.25, -0.2) is 0 Å². The average Bonchev–Trinajstić information content (AvgIpc) is 2.83. The molecule has 0 saturated carbocycles. The molecule has 0 radical (unpaired) electrons. The quantitative estimate of drug-likeness (QED) is 0.713. The molecule has 0 bridgehead atoms. The van der Waals surface area contributed by atoms with Crippen molar-refractivity contribution in [3.05, 3.63) is 59.4 Å². The van der Waals surface area contributed by atoms with Gasteiger partial charge in [-0.2, -0.15) is 0 Å². The number of aromatic nitrogens is 1. The summed E-state index contributed by atoms with van der Waals surface area (Å²) >= 11 is 0. The Labute approximate surface area is 95.1 Å². The molecule has 1 heterocycles. The lowest BCUT2D eigenvalue weighted by atomic mass is 10.1. The molecule has 0 unspecified atom stereocenters. The van der Waals surface area contributed by atoms with Crippen LogP contribution in [0.2, 0.25) is 0 Å². The number of aromatic amines is 1. The number of H-pyrrole nitrogens is 1. The third-order valence-corrected chi connectivity index (χ3v) is 2.53. The fourth-order valence-electron chi connectivity index (χ4n) is 1.58. The van der Waals surface area contributed by atoms with E-state index in [0.29, 0.717) is 0 Å². The third-order valence-electron chi connectivity index (χ3n) is 2.53. The van der Waals surface area contributed by atoms with Crippen molar-refractivity contribution in [1.82, 2.24) is 10.3 Å². The Balaban J connectivity index is 1.81. The summed E-state index contributed by atoms with van der Waals surface area (Å²) in [4.78, 5) is 3.03. The molecule has 0 amide bonds. The van der Waals surface area contributed by atoms with Gasteiger partial charge in [-0.15, -0.1) is 0 Å². The Hall–Kier alpha value is -1.58. The molecule has 84 valence electrons. The Bertz CT molecular complexity index is 406. The number of hydrogen-bond acceptors (Lipinski definition) is 2. The molecule has 0 atom stereocenters. The van der Waals surface area contributed by atoms with E-state index in [1.54, 1.807) is 0 Å². The Morgan fingerprint density at radius 3 is 2.25 bits per heavy atom. The zero-order chi connectivity index (χ0) is 11.2. The summed E-state index contributed by atoms with van der Waals surface area (Å²) in [6.07, 6.45) is 3.91. The normalized spacial score (nSPS) is 10.6. The molecule has 0 aliphatic heterocycles. The fourth-order valence-corrected chi connectivity index (χ4v) is 1.58. The molecule has 16 heavy (non-hydrogen) atoms.